The lowest BCUT2D eigenvalue weighted by molar-refractivity contribution is -0.128. The molecule has 2 unspecified atom stereocenters. The molecule has 0 aliphatic heterocycles. The van der Waals surface area contributed by atoms with Gasteiger partial charge in [-0.3, -0.25) is 9.59 Å². The van der Waals surface area contributed by atoms with Crippen molar-refractivity contribution < 1.29 is 9.59 Å². The third-order valence-corrected chi connectivity index (χ3v) is 2.90. The molecule has 0 aromatic heterocycles. The summed E-state index contributed by atoms with van der Waals surface area (Å²) in [7, 11) is 0. The molecule has 0 radical (unpaired) electrons. The van der Waals surface area contributed by atoms with Gasteiger partial charge >= 0.3 is 0 Å². The maximum atomic E-state index is 11.7. The van der Waals surface area contributed by atoms with Gasteiger partial charge in [0, 0.05) is 12.6 Å². The van der Waals surface area contributed by atoms with Gasteiger partial charge in [-0.05, 0) is 19.3 Å². The first-order valence-corrected chi connectivity index (χ1v) is 5.95. The summed E-state index contributed by atoms with van der Waals surface area (Å²) in [5.74, 6) is -0.336. The van der Waals surface area contributed by atoms with E-state index in [0.29, 0.717) is 6.54 Å². The van der Waals surface area contributed by atoms with Crippen LogP contribution in [0.25, 0.3) is 0 Å². The average molecular weight is 264 g/mol. The van der Waals surface area contributed by atoms with Crippen LogP contribution >= 0.6 is 12.4 Å². The van der Waals surface area contributed by atoms with Gasteiger partial charge in [0.1, 0.15) is 0 Å². The highest BCUT2D eigenvalue weighted by Crippen LogP contribution is 2.23. The second-order valence-corrected chi connectivity index (χ2v) is 4.27. The lowest BCUT2D eigenvalue weighted by Crippen LogP contribution is -2.43. The van der Waals surface area contributed by atoms with Gasteiger partial charge in [0.15, 0.2) is 0 Å². The molecule has 0 aromatic carbocycles. The minimum Gasteiger partial charge on any atom is -0.355 e. The fourth-order valence-electron chi connectivity index (χ4n) is 1.94. The van der Waals surface area contributed by atoms with E-state index in [-0.39, 0.29) is 42.7 Å². The zero-order valence-electron chi connectivity index (χ0n) is 10.2. The number of carbonyl (C=O) groups excluding carboxylic acids is 2. The molecule has 0 saturated heterocycles. The van der Waals surface area contributed by atoms with Gasteiger partial charge in [-0.2, -0.15) is 0 Å². The maximum absolute atomic E-state index is 11.7. The van der Waals surface area contributed by atoms with E-state index in [2.05, 4.69) is 10.6 Å². The summed E-state index contributed by atoms with van der Waals surface area (Å²) in [5, 5.41) is 5.34. The van der Waals surface area contributed by atoms with Gasteiger partial charge in [-0.25, -0.2) is 0 Å². The van der Waals surface area contributed by atoms with E-state index < -0.39 is 0 Å². The highest BCUT2D eigenvalue weighted by atomic mass is 35.5. The SMILES string of the molecule is CCCNC(=O)CNC(=O)C1CCCC1N.Cl. The Morgan fingerprint density at radius 2 is 2.00 bits per heavy atom. The smallest absolute Gasteiger partial charge is 0.239 e. The largest absolute Gasteiger partial charge is 0.355 e. The molecule has 0 heterocycles. The molecular weight excluding hydrogens is 242 g/mol. The minimum absolute atomic E-state index is 0. The van der Waals surface area contributed by atoms with Crippen LogP contribution in [0.15, 0.2) is 0 Å². The van der Waals surface area contributed by atoms with Gasteiger partial charge in [0.2, 0.25) is 11.8 Å². The Labute approximate surface area is 108 Å². The van der Waals surface area contributed by atoms with E-state index in [1.807, 2.05) is 6.92 Å². The Bertz CT molecular complexity index is 261. The van der Waals surface area contributed by atoms with E-state index in [9.17, 15) is 9.59 Å². The number of rotatable bonds is 5. The lowest BCUT2D eigenvalue weighted by atomic mass is 10.0. The highest BCUT2D eigenvalue weighted by molar-refractivity contribution is 5.86. The molecule has 4 N–H and O–H groups in total. The second-order valence-electron chi connectivity index (χ2n) is 4.27. The lowest BCUT2D eigenvalue weighted by Gasteiger charge is -2.14. The molecule has 1 aliphatic rings. The van der Waals surface area contributed by atoms with Gasteiger partial charge in [-0.1, -0.05) is 13.3 Å². The Morgan fingerprint density at radius 1 is 1.29 bits per heavy atom. The van der Waals surface area contributed by atoms with Crippen molar-refractivity contribution in [2.75, 3.05) is 13.1 Å². The zero-order chi connectivity index (χ0) is 12.0. The third-order valence-electron chi connectivity index (χ3n) is 2.90. The van der Waals surface area contributed by atoms with Crippen LogP contribution in [-0.4, -0.2) is 30.9 Å². The summed E-state index contributed by atoms with van der Waals surface area (Å²) in [6, 6.07) is -0.0429. The molecule has 17 heavy (non-hydrogen) atoms. The number of hydrogen-bond donors (Lipinski definition) is 3. The van der Waals surface area contributed by atoms with Crippen molar-refractivity contribution in [3.63, 3.8) is 0 Å². The Morgan fingerprint density at radius 3 is 2.53 bits per heavy atom. The van der Waals surface area contributed by atoms with Crippen molar-refractivity contribution >= 4 is 24.2 Å². The van der Waals surface area contributed by atoms with Gasteiger partial charge in [-0.15, -0.1) is 12.4 Å². The normalized spacial score (nSPS) is 22.7. The van der Waals surface area contributed by atoms with Crippen LogP contribution in [0.2, 0.25) is 0 Å². The summed E-state index contributed by atoms with van der Waals surface area (Å²) in [6.45, 7) is 2.69. The van der Waals surface area contributed by atoms with Gasteiger partial charge in [0.05, 0.1) is 12.5 Å². The van der Waals surface area contributed by atoms with Crippen LogP contribution in [-0.2, 0) is 9.59 Å². The zero-order valence-corrected chi connectivity index (χ0v) is 11.0. The molecule has 1 saturated carbocycles. The van der Waals surface area contributed by atoms with Crippen molar-refractivity contribution in [1.29, 1.82) is 0 Å². The summed E-state index contributed by atoms with van der Waals surface area (Å²) >= 11 is 0. The summed E-state index contributed by atoms with van der Waals surface area (Å²) in [6.07, 6.45) is 3.64. The monoisotopic (exact) mass is 263 g/mol. The number of carbonyl (C=O) groups is 2. The van der Waals surface area contributed by atoms with Gasteiger partial charge in [0.25, 0.3) is 0 Å². The van der Waals surface area contributed by atoms with Crippen LogP contribution in [0.1, 0.15) is 32.6 Å². The molecule has 1 aliphatic carbocycles. The fourth-order valence-corrected chi connectivity index (χ4v) is 1.94. The molecule has 2 amide bonds. The topological polar surface area (TPSA) is 84.2 Å². The Balaban J connectivity index is 0.00000256. The number of amides is 2. The van der Waals surface area contributed by atoms with E-state index in [0.717, 1.165) is 25.7 Å². The second kappa shape index (κ2) is 8.31. The average Bonchev–Trinajstić information content (AvgIpc) is 2.69. The standard InChI is InChI=1S/C11H21N3O2.ClH/c1-2-6-13-10(15)7-14-11(16)8-4-3-5-9(8)12;/h8-9H,2-7,12H2,1H3,(H,13,15)(H,14,16);1H. The minimum atomic E-state index is -0.137. The van der Waals surface area contributed by atoms with Crippen LogP contribution in [0, 0.1) is 5.92 Å². The molecule has 0 bridgehead atoms. The molecule has 0 aromatic rings. The van der Waals surface area contributed by atoms with Crippen LogP contribution in [0.3, 0.4) is 0 Å². The molecule has 5 nitrogen and oxygen atoms in total. The quantitative estimate of drug-likeness (QED) is 0.662. The van der Waals surface area contributed by atoms with Crippen molar-refractivity contribution in [3.8, 4) is 0 Å². The van der Waals surface area contributed by atoms with Crippen LogP contribution < -0.4 is 16.4 Å². The number of nitrogens with one attached hydrogen (secondary N) is 2. The third kappa shape index (κ3) is 5.37. The Hall–Kier alpha value is -0.810. The summed E-state index contributed by atoms with van der Waals surface area (Å²) in [5.41, 5.74) is 5.81. The maximum Gasteiger partial charge on any atom is 0.239 e. The predicted octanol–water partition coefficient (Wildman–Crippen LogP) is 0.178. The molecule has 6 heteroatoms. The van der Waals surface area contributed by atoms with Crippen LogP contribution in [0.4, 0.5) is 0 Å². The first-order chi connectivity index (χ1) is 7.65. The van der Waals surface area contributed by atoms with Crippen molar-refractivity contribution in [2.45, 2.75) is 38.6 Å². The predicted molar refractivity (Wildman–Crippen MR) is 68.9 cm³/mol. The Kier molecular flexibility index (Phi) is 7.91. The molecular formula is C11H22ClN3O2. The molecule has 2 atom stereocenters. The number of nitrogens with two attached hydrogens (primary N) is 1. The van der Waals surface area contributed by atoms with Crippen LogP contribution in [0.5, 0.6) is 0 Å². The van der Waals surface area contributed by atoms with E-state index in [1.165, 1.54) is 0 Å². The van der Waals surface area contributed by atoms with Crippen molar-refractivity contribution in [1.82, 2.24) is 10.6 Å². The highest BCUT2D eigenvalue weighted by Gasteiger charge is 2.30. The fraction of sp³-hybridized carbons (Fsp3) is 0.818. The van der Waals surface area contributed by atoms with E-state index in [1.54, 1.807) is 0 Å². The molecule has 0 spiro atoms. The van der Waals surface area contributed by atoms with E-state index >= 15 is 0 Å². The first kappa shape index (κ1) is 16.2. The molecule has 1 fully saturated rings. The number of hydrogen-bond acceptors (Lipinski definition) is 3. The molecule has 1 rings (SSSR count). The summed E-state index contributed by atoms with van der Waals surface area (Å²) in [4.78, 5) is 22.9. The number of halogens is 1. The first-order valence-electron chi connectivity index (χ1n) is 5.95. The van der Waals surface area contributed by atoms with Crippen molar-refractivity contribution in [3.05, 3.63) is 0 Å². The van der Waals surface area contributed by atoms with E-state index in [4.69, 9.17) is 5.73 Å². The van der Waals surface area contributed by atoms with Crippen molar-refractivity contribution in [2.24, 2.45) is 11.7 Å². The molecule has 100 valence electrons. The van der Waals surface area contributed by atoms with Gasteiger partial charge < -0.3 is 16.4 Å². The summed E-state index contributed by atoms with van der Waals surface area (Å²) < 4.78 is 0.